The van der Waals surface area contributed by atoms with Crippen LogP contribution in [0.2, 0.25) is 0 Å². The largest absolute Gasteiger partial charge is 0.310 e. The number of halogens is 1. The van der Waals surface area contributed by atoms with E-state index in [1.807, 2.05) is 36.4 Å². The monoisotopic (exact) mass is 476 g/mol. The number of aromatic nitrogens is 5. The second-order valence-electron chi connectivity index (χ2n) is 8.37. The minimum Gasteiger partial charge on any atom is -0.310 e. The number of carbonyl (C=O) groups excluding carboxylic acids is 1. The first-order valence-corrected chi connectivity index (χ1v) is 12.3. The highest BCUT2D eigenvalue weighted by molar-refractivity contribution is 7.99. The number of nitrogens with zero attached hydrogens (tertiary/aromatic N) is 5. The van der Waals surface area contributed by atoms with Gasteiger partial charge in [-0.25, -0.2) is 9.07 Å². The Labute approximate surface area is 201 Å². The fraction of sp³-hybridized carbons (Fsp3) is 0.280. The predicted octanol–water partition coefficient (Wildman–Crippen LogP) is 5.20. The van der Waals surface area contributed by atoms with Gasteiger partial charge in [-0.3, -0.25) is 4.79 Å². The van der Waals surface area contributed by atoms with Gasteiger partial charge >= 0.3 is 0 Å². The highest BCUT2D eigenvalue weighted by atomic mass is 32.2. The van der Waals surface area contributed by atoms with Crippen LogP contribution in [0.15, 0.2) is 65.8 Å². The molecule has 1 amide bonds. The Morgan fingerprint density at radius 2 is 1.82 bits per heavy atom. The number of para-hydroxylation sites is 1. The summed E-state index contributed by atoms with van der Waals surface area (Å²) >= 11 is 1.25. The van der Waals surface area contributed by atoms with E-state index in [1.165, 1.54) is 30.7 Å². The quantitative estimate of drug-likeness (QED) is 0.371. The Bertz CT molecular complexity index is 1300. The third-order valence-electron chi connectivity index (χ3n) is 6.05. The van der Waals surface area contributed by atoms with Crippen LogP contribution in [0.5, 0.6) is 0 Å². The first kappa shape index (κ1) is 22.3. The number of amides is 1. The molecule has 174 valence electrons. The average molecular weight is 477 g/mol. The van der Waals surface area contributed by atoms with Crippen molar-refractivity contribution < 1.29 is 9.18 Å². The number of benzene rings is 2. The SMILES string of the molecule is Cn1c(SCC(=O)Nc2cc(C3CCCC3)nn2-c2ccccc2)nnc1-c1ccccc1F. The molecule has 2 heterocycles. The first-order valence-electron chi connectivity index (χ1n) is 11.3. The molecule has 34 heavy (non-hydrogen) atoms. The second-order valence-corrected chi connectivity index (χ2v) is 9.31. The Hall–Kier alpha value is -3.46. The second kappa shape index (κ2) is 9.80. The summed E-state index contributed by atoms with van der Waals surface area (Å²) in [4.78, 5) is 12.9. The Kier molecular flexibility index (Phi) is 6.44. The van der Waals surface area contributed by atoms with Crippen molar-refractivity contribution in [1.29, 1.82) is 0 Å². The van der Waals surface area contributed by atoms with E-state index < -0.39 is 0 Å². The van der Waals surface area contributed by atoms with Crippen LogP contribution in [0, 0.1) is 5.82 Å². The average Bonchev–Trinajstić information content (AvgIpc) is 3.59. The van der Waals surface area contributed by atoms with Crippen molar-refractivity contribution in [2.24, 2.45) is 7.05 Å². The van der Waals surface area contributed by atoms with E-state index in [9.17, 15) is 9.18 Å². The Balaban J connectivity index is 1.31. The zero-order chi connectivity index (χ0) is 23.5. The highest BCUT2D eigenvalue weighted by Gasteiger charge is 2.23. The lowest BCUT2D eigenvalue weighted by molar-refractivity contribution is -0.113. The van der Waals surface area contributed by atoms with Crippen LogP contribution >= 0.6 is 11.8 Å². The smallest absolute Gasteiger partial charge is 0.236 e. The maximum Gasteiger partial charge on any atom is 0.236 e. The van der Waals surface area contributed by atoms with Crippen LogP contribution in [-0.2, 0) is 11.8 Å². The van der Waals surface area contributed by atoms with Gasteiger partial charge in [0.05, 0.1) is 22.7 Å². The van der Waals surface area contributed by atoms with E-state index in [2.05, 4.69) is 15.5 Å². The molecule has 0 spiro atoms. The Morgan fingerprint density at radius 3 is 2.59 bits per heavy atom. The number of hydrogen-bond acceptors (Lipinski definition) is 5. The van der Waals surface area contributed by atoms with E-state index in [-0.39, 0.29) is 17.5 Å². The van der Waals surface area contributed by atoms with E-state index in [1.54, 1.807) is 34.5 Å². The molecule has 5 rings (SSSR count). The van der Waals surface area contributed by atoms with Crippen LogP contribution in [-0.4, -0.2) is 36.2 Å². The molecular formula is C25H25FN6OS. The van der Waals surface area contributed by atoms with Crippen LogP contribution < -0.4 is 5.32 Å². The third-order valence-corrected chi connectivity index (χ3v) is 7.07. The minimum absolute atomic E-state index is 0.141. The maximum absolute atomic E-state index is 14.2. The van der Waals surface area contributed by atoms with Crippen LogP contribution in [0.4, 0.5) is 10.2 Å². The van der Waals surface area contributed by atoms with E-state index in [0.29, 0.717) is 28.3 Å². The molecule has 7 nitrogen and oxygen atoms in total. The van der Waals surface area contributed by atoms with E-state index in [0.717, 1.165) is 24.2 Å². The molecular weight excluding hydrogens is 451 g/mol. The lowest BCUT2D eigenvalue weighted by Crippen LogP contribution is -2.17. The number of hydrogen-bond donors (Lipinski definition) is 1. The summed E-state index contributed by atoms with van der Waals surface area (Å²) < 4.78 is 17.7. The summed E-state index contributed by atoms with van der Waals surface area (Å²) in [7, 11) is 1.76. The van der Waals surface area contributed by atoms with Crippen LogP contribution in [0.25, 0.3) is 17.1 Å². The molecule has 0 unspecified atom stereocenters. The van der Waals surface area contributed by atoms with Crippen LogP contribution in [0.1, 0.15) is 37.3 Å². The van der Waals surface area contributed by atoms with Gasteiger partial charge in [-0.1, -0.05) is 54.9 Å². The summed E-state index contributed by atoms with van der Waals surface area (Å²) in [6.07, 6.45) is 4.69. The topological polar surface area (TPSA) is 77.6 Å². The summed E-state index contributed by atoms with van der Waals surface area (Å²) in [5.41, 5.74) is 2.30. The van der Waals surface area contributed by atoms with Gasteiger partial charge in [-0.05, 0) is 37.1 Å². The molecule has 0 atom stereocenters. The maximum atomic E-state index is 14.2. The molecule has 0 radical (unpaired) electrons. The van der Waals surface area contributed by atoms with Gasteiger partial charge in [0.2, 0.25) is 5.91 Å². The number of carbonyl (C=O) groups is 1. The Morgan fingerprint density at radius 1 is 1.09 bits per heavy atom. The molecule has 1 fully saturated rings. The molecule has 1 aliphatic rings. The van der Waals surface area contributed by atoms with Gasteiger partial charge in [-0.15, -0.1) is 10.2 Å². The van der Waals surface area contributed by atoms with Crippen molar-refractivity contribution in [1.82, 2.24) is 24.5 Å². The zero-order valence-electron chi connectivity index (χ0n) is 18.8. The van der Waals surface area contributed by atoms with Gasteiger partial charge in [0.1, 0.15) is 11.6 Å². The normalized spacial score (nSPS) is 13.9. The summed E-state index contributed by atoms with van der Waals surface area (Å²) in [6.45, 7) is 0. The minimum atomic E-state index is -0.362. The summed E-state index contributed by atoms with van der Waals surface area (Å²) in [6, 6.07) is 18.2. The van der Waals surface area contributed by atoms with E-state index in [4.69, 9.17) is 5.10 Å². The van der Waals surface area contributed by atoms with Gasteiger partial charge in [0.15, 0.2) is 11.0 Å². The summed E-state index contributed by atoms with van der Waals surface area (Å²) in [5, 5.41) is 16.6. The standard InChI is InChI=1S/C25H25FN6OS/c1-31-24(19-13-7-8-14-20(19)26)28-29-25(31)34-16-23(33)27-22-15-21(17-9-5-6-10-17)30-32(22)18-11-3-2-4-12-18/h2-4,7-8,11-15,17H,5-6,9-10,16H2,1H3,(H,27,33). The molecule has 0 aliphatic heterocycles. The molecule has 2 aromatic heterocycles. The van der Waals surface area contributed by atoms with Crippen molar-refractivity contribution in [3.63, 3.8) is 0 Å². The van der Waals surface area contributed by atoms with Crippen LogP contribution in [0.3, 0.4) is 0 Å². The lowest BCUT2D eigenvalue weighted by Gasteiger charge is -2.09. The van der Waals surface area contributed by atoms with Crippen molar-refractivity contribution >= 4 is 23.5 Å². The molecule has 0 saturated heterocycles. The fourth-order valence-corrected chi connectivity index (χ4v) is 5.01. The van der Waals surface area contributed by atoms with Crippen molar-refractivity contribution in [3.05, 3.63) is 72.2 Å². The third kappa shape index (κ3) is 4.61. The van der Waals surface area contributed by atoms with Crippen molar-refractivity contribution in [2.45, 2.75) is 36.8 Å². The van der Waals surface area contributed by atoms with Crippen molar-refractivity contribution in [3.8, 4) is 17.1 Å². The van der Waals surface area contributed by atoms with Crippen molar-refractivity contribution in [2.75, 3.05) is 11.1 Å². The molecule has 2 aromatic carbocycles. The lowest BCUT2D eigenvalue weighted by atomic mass is 10.0. The molecule has 1 N–H and O–H groups in total. The number of rotatable bonds is 7. The molecule has 1 saturated carbocycles. The molecule has 4 aromatic rings. The fourth-order valence-electron chi connectivity index (χ4n) is 4.30. The molecule has 9 heteroatoms. The predicted molar refractivity (Wildman–Crippen MR) is 131 cm³/mol. The van der Waals surface area contributed by atoms with E-state index >= 15 is 0 Å². The zero-order valence-corrected chi connectivity index (χ0v) is 19.6. The number of anilines is 1. The van der Waals surface area contributed by atoms with Gasteiger partial charge in [-0.2, -0.15) is 5.10 Å². The first-order chi connectivity index (χ1) is 16.6. The number of nitrogens with one attached hydrogen (secondary N) is 1. The van der Waals surface area contributed by atoms with Gasteiger partial charge in [0.25, 0.3) is 0 Å². The highest BCUT2D eigenvalue weighted by Crippen LogP contribution is 2.35. The van der Waals surface area contributed by atoms with Gasteiger partial charge < -0.3 is 9.88 Å². The summed E-state index contributed by atoms with van der Waals surface area (Å²) in [5.74, 6) is 1.12. The molecule has 0 bridgehead atoms. The molecule has 1 aliphatic carbocycles. The number of thioether (sulfide) groups is 1. The van der Waals surface area contributed by atoms with Gasteiger partial charge in [0, 0.05) is 19.0 Å².